The Morgan fingerprint density at radius 1 is 0.963 bits per heavy atom. The lowest BCUT2D eigenvalue weighted by molar-refractivity contribution is 0.102. The first-order valence-corrected chi connectivity index (χ1v) is 8.97. The fraction of sp³-hybridized carbons (Fsp3) is 0.400. The highest BCUT2D eigenvalue weighted by Crippen LogP contribution is 2.40. The van der Waals surface area contributed by atoms with Gasteiger partial charge < -0.3 is 24.8 Å². The van der Waals surface area contributed by atoms with Gasteiger partial charge in [0.15, 0.2) is 11.5 Å². The normalized spacial score (nSPS) is 13.9. The predicted octanol–water partition coefficient (Wildman–Crippen LogP) is 3.71. The van der Waals surface area contributed by atoms with E-state index < -0.39 is 0 Å². The van der Waals surface area contributed by atoms with Gasteiger partial charge in [-0.1, -0.05) is 12.8 Å². The maximum Gasteiger partial charge on any atom is 0.257 e. The van der Waals surface area contributed by atoms with Crippen LogP contribution in [0, 0.1) is 0 Å². The minimum atomic E-state index is -0.258. The zero-order valence-electron chi connectivity index (χ0n) is 15.9. The molecule has 1 fully saturated rings. The summed E-state index contributed by atoms with van der Waals surface area (Å²) < 4.78 is 15.9. The molecule has 1 amide bonds. The lowest BCUT2D eigenvalue weighted by Gasteiger charge is -2.15. The lowest BCUT2D eigenvalue weighted by atomic mass is 10.2. The number of amides is 1. The molecule has 0 bridgehead atoms. The van der Waals surface area contributed by atoms with Crippen molar-refractivity contribution in [2.75, 3.05) is 32.0 Å². The number of anilines is 2. The smallest absolute Gasteiger partial charge is 0.257 e. The number of hydrogen-bond donors (Lipinski definition) is 2. The number of hydrogen-bond acceptors (Lipinski definition) is 6. The van der Waals surface area contributed by atoms with Crippen LogP contribution < -0.4 is 24.8 Å². The summed E-state index contributed by atoms with van der Waals surface area (Å²) in [5.41, 5.74) is 1.88. The Morgan fingerprint density at radius 3 is 2.22 bits per heavy atom. The van der Waals surface area contributed by atoms with Gasteiger partial charge in [0.05, 0.1) is 32.6 Å². The van der Waals surface area contributed by atoms with Gasteiger partial charge >= 0.3 is 0 Å². The van der Waals surface area contributed by atoms with Gasteiger partial charge in [-0.05, 0) is 18.9 Å². The van der Waals surface area contributed by atoms with Crippen LogP contribution in [-0.4, -0.2) is 38.3 Å². The molecule has 2 N–H and O–H groups in total. The lowest BCUT2D eigenvalue weighted by Crippen LogP contribution is -2.16. The van der Waals surface area contributed by atoms with E-state index in [0.29, 0.717) is 34.5 Å². The molecular weight excluding hydrogens is 346 g/mol. The van der Waals surface area contributed by atoms with Crippen LogP contribution in [0.1, 0.15) is 36.0 Å². The van der Waals surface area contributed by atoms with Crippen molar-refractivity contribution >= 4 is 17.3 Å². The molecule has 2 aromatic rings. The van der Waals surface area contributed by atoms with E-state index in [2.05, 4.69) is 15.6 Å². The van der Waals surface area contributed by atoms with E-state index in [0.717, 1.165) is 18.5 Å². The van der Waals surface area contributed by atoms with Gasteiger partial charge in [-0.15, -0.1) is 0 Å². The SMILES string of the molecule is COc1cc(NC(=O)c2cncc(NC3CCCC3)c2)cc(OC)c1OC. The van der Waals surface area contributed by atoms with Crippen molar-refractivity contribution in [1.29, 1.82) is 0 Å². The number of carbonyl (C=O) groups is 1. The van der Waals surface area contributed by atoms with Crippen LogP contribution in [0.3, 0.4) is 0 Å². The van der Waals surface area contributed by atoms with Crippen LogP contribution in [0.15, 0.2) is 30.6 Å². The van der Waals surface area contributed by atoms with Crippen LogP contribution in [0.2, 0.25) is 0 Å². The van der Waals surface area contributed by atoms with Crippen molar-refractivity contribution in [1.82, 2.24) is 4.98 Å². The number of rotatable bonds is 7. The Morgan fingerprint density at radius 2 is 1.63 bits per heavy atom. The molecule has 0 atom stereocenters. The van der Waals surface area contributed by atoms with Gasteiger partial charge in [-0.2, -0.15) is 0 Å². The third-order valence-corrected chi connectivity index (χ3v) is 4.65. The van der Waals surface area contributed by atoms with Crippen molar-refractivity contribution < 1.29 is 19.0 Å². The quantitative estimate of drug-likeness (QED) is 0.772. The average Bonchev–Trinajstić information content (AvgIpc) is 3.20. The minimum Gasteiger partial charge on any atom is -0.493 e. The van der Waals surface area contributed by atoms with E-state index in [1.54, 1.807) is 24.5 Å². The van der Waals surface area contributed by atoms with Crippen molar-refractivity contribution in [3.05, 3.63) is 36.2 Å². The molecule has 0 radical (unpaired) electrons. The number of carbonyl (C=O) groups excluding carboxylic acids is 1. The first-order chi connectivity index (χ1) is 13.1. The number of methoxy groups -OCH3 is 3. The predicted molar refractivity (Wildman–Crippen MR) is 104 cm³/mol. The second kappa shape index (κ2) is 8.62. The maximum atomic E-state index is 12.7. The zero-order chi connectivity index (χ0) is 19.2. The van der Waals surface area contributed by atoms with Crippen LogP contribution in [0.25, 0.3) is 0 Å². The Hall–Kier alpha value is -2.96. The Labute approximate surface area is 159 Å². The average molecular weight is 371 g/mol. The highest BCUT2D eigenvalue weighted by molar-refractivity contribution is 6.04. The Balaban J connectivity index is 1.77. The molecule has 0 unspecified atom stereocenters. The van der Waals surface area contributed by atoms with Crippen LogP contribution in [0.4, 0.5) is 11.4 Å². The first kappa shape index (κ1) is 18.8. The van der Waals surface area contributed by atoms with Crippen LogP contribution in [-0.2, 0) is 0 Å². The van der Waals surface area contributed by atoms with Gasteiger partial charge in [-0.3, -0.25) is 9.78 Å². The highest BCUT2D eigenvalue weighted by atomic mass is 16.5. The van der Waals surface area contributed by atoms with Gasteiger partial charge in [0, 0.05) is 36.3 Å². The van der Waals surface area contributed by atoms with E-state index in [-0.39, 0.29) is 5.91 Å². The van der Waals surface area contributed by atoms with E-state index in [1.165, 1.54) is 34.2 Å². The molecule has 7 nitrogen and oxygen atoms in total. The molecule has 0 aliphatic heterocycles. The summed E-state index contributed by atoms with van der Waals surface area (Å²) in [6, 6.07) is 5.65. The van der Waals surface area contributed by atoms with Crippen LogP contribution in [0.5, 0.6) is 17.2 Å². The molecule has 7 heteroatoms. The number of benzene rings is 1. The second-order valence-electron chi connectivity index (χ2n) is 6.46. The molecular formula is C20H25N3O4. The molecule has 1 aliphatic carbocycles. The summed E-state index contributed by atoms with van der Waals surface area (Å²) in [4.78, 5) is 16.9. The summed E-state index contributed by atoms with van der Waals surface area (Å²) >= 11 is 0. The highest BCUT2D eigenvalue weighted by Gasteiger charge is 2.17. The topological polar surface area (TPSA) is 81.7 Å². The van der Waals surface area contributed by atoms with Gasteiger partial charge in [0.25, 0.3) is 5.91 Å². The molecule has 1 aromatic carbocycles. The zero-order valence-corrected chi connectivity index (χ0v) is 15.9. The Bertz CT molecular complexity index is 779. The fourth-order valence-electron chi connectivity index (χ4n) is 3.31. The third-order valence-electron chi connectivity index (χ3n) is 4.65. The van der Waals surface area contributed by atoms with Crippen molar-refractivity contribution in [3.8, 4) is 17.2 Å². The van der Waals surface area contributed by atoms with E-state index >= 15 is 0 Å². The largest absolute Gasteiger partial charge is 0.493 e. The van der Waals surface area contributed by atoms with Crippen LogP contribution >= 0.6 is 0 Å². The molecule has 1 saturated carbocycles. The number of nitrogens with one attached hydrogen (secondary N) is 2. The third kappa shape index (κ3) is 4.42. The maximum absolute atomic E-state index is 12.7. The summed E-state index contributed by atoms with van der Waals surface area (Å²) in [6.07, 6.45) is 8.09. The number of aromatic nitrogens is 1. The monoisotopic (exact) mass is 371 g/mol. The van der Waals surface area contributed by atoms with Crippen molar-refractivity contribution in [3.63, 3.8) is 0 Å². The number of pyridine rings is 1. The molecule has 1 heterocycles. The number of ether oxygens (including phenoxy) is 3. The summed E-state index contributed by atoms with van der Waals surface area (Å²) in [6.45, 7) is 0. The van der Waals surface area contributed by atoms with Gasteiger partial charge in [0.1, 0.15) is 0 Å². The first-order valence-electron chi connectivity index (χ1n) is 8.97. The molecule has 3 rings (SSSR count). The fourth-order valence-corrected chi connectivity index (χ4v) is 3.31. The Kier molecular flexibility index (Phi) is 6.01. The molecule has 1 aliphatic rings. The number of nitrogens with zero attached hydrogens (tertiary/aromatic N) is 1. The van der Waals surface area contributed by atoms with Crippen molar-refractivity contribution in [2.45, 2.75) is 31.7 Å². The molecule has 1 aromatic heterocycles. The van der Waals surface area contributed by atoms with Gasteiger partial charge in [-0.25, -0.2) is 0 Å². The van der Waals surface area contributed by atoms with E-state index in [1.807, 2.05) is 6.07 Å². The summed E-state index contributed by atoms with van der Waals surface area (Å²) in [5, 5.41) is 6.31. The van der Waals surface area contributed by atoms with E-state index in [4.69, 9.17) is 14.2 Å². The van der Waals surface area contributed by atoms with Crippen molar-refractivity contribution in [2.24, 2.45) is 0 Å². The molecule has 27 heavy (non-hydrogen) atoms. The van der Waals surface area contributed by atoms with E-state index in [9.17, 15) is 4.79 Å². The summed E-state index contributed by atoms with van der Waals surface area (Å²) in [7, 11) is 4.60. The second-order valence-corrected chi connectivity index (χ2v) is 6.46. The molecule has 0 saturated heterocycles. The van der Waals surface area contributed by atoms with Gasteiger partial charge in [0.2, 0.25) is 5.75 Å². The minimum absolute atomic E-state index is 0.258. The molecule has 0 spiro atoms. The summed E-state index contributed by atoms with van der Waals surface area (Å²) in [5.74, 6) is 1.16. The standard InChI is InChI=1S/C20H25N3O4/c1-25-17-9-15(10-18(26-2)19(17)27-3)23-20(24)13-8-16(12-21-11-13)22-14-6-4-5-7-14/h8-12,14,22H,4-7H2,1-3H3,(H,23,24). The molecule has 144 valence electrons.